The third-order valence-corrected chi connectivity index (χ3v) is 4.08. The van der Waals surface area contributed by atoms with Crippen LogP contribution in [0.2, 0.25) is 0 Å². The van der Waals surface area contributed by atoms with Crippen molar-refractivity contribution in [2.75, 3.05) is 18.5 Å². The van der Waals surface area contributed by atoms with E-state index in [-0.39, 0.29) is 6.03 Å². The van der Waals surface area contributed by atoms with Crippen LogP contribution in [0.4, 0.5) is 9.93 Å². The number of anilines is 1. The first-order chi connectivity index (χ1) is 9.56. The second kappa shape index (κ2) is 4.75. The van der Waals surface area contributed by atoms with Gasteiger partial charge in [0.2, 0.25) is 6.23 Å². The summed E-state index contributed by atoms with van der Waals surface area (Å²) < 4.78 is 6.20. The van der Waals surface area contributed by atoms with Crippen LogP contribution >= 0.6 is 11.3 Å². The molecule has 3 rings (SSSR count). The van der Waals surface area contributed by atoms with Gasteiger partial charge in [0.1, 0.15) is 0 Å². The number of carbonyl (C=O) groups is 2. The van der Waals surface area contributed by atoms with E-state index in [1.54, 1.807) is 7.05 Å². The largest absolute Gasteiger partial charge is 0.439 e. The molecule has 0 bridgehead atoms. The molecule has 0 aliphatic carbocycles. The number of benzene rings is 1. The highest BCUT2D eigenvalue weighted by atomic mass is 32.1. The first kappa shape index (κ1) is 12.9. The van der Waals surface area contributed by atoms with Gasteiger partial charge < -0.3 is 9.64 Å². The monoisotopic (exact) mass is 291 g/mol. The molecule has 0 radical (unpaired) electrons. The van der Waals surface area contributed by atoms with Gasteiger partial charge in [-0.3, -0.25) is 4.79 Å². The van der Waals surface area contributed by atoms with Gasteiger partial charge in [-0.2, -0.15) is 0 Å². The fourth-order valence-electron chi connectivity index (χ4n) is 2.15. The number of urea groups is 1. The zero-order valence-corrected chi connectivity index (χ0v) is 11.9. The van der Waals surface area contributed by atoms with E-state index in [1.165, 1.54) is 28.1 Å². The summed E-state index contributed by atoms with van der Waals surface area (Å²) in [5, 5.41) is 0.548. The highest BCUT2D eigenvalue weighted by molar-refractivity contribution is 7.22. The number of hydrogen-bond acceptors (Lipinski definition) is 5. The molecule has 6 nitrogen and oxygen atoms in total. The fourth-order valence-corrected chi connectivity index (χ4v) is 3.15. The Morgan fingerprint density at radius 1 is 1.45 bits per heavy atom. The van der Waals surface area contributed by atoms with E-state index in [1.807, 2.05) is 24.3 Å². The Bertz CT molecular complexity index is 651. The molecule has 1 aliphatic heterocycles. The van der Waals surface area contributed by atoms with E-state index >= 15 is 0 Å². The highest BCUT2D eigenvalue weighted by Gasteiger charge is 2.40. The van der Waals surface area contributed by atoms with Gasteiger partial charge in [0.05, 0.1) is 16.8 Å². The first-order valence-electron chi connectivity index (χ1n) is 6.13. The van der Waals surface area contributed by atoms with Crippen molar-refractivity contribution in [1.82, 2.24) is 9.88 Å². The molecule has 1 saturated heterocycles. The molecule has 1 unspecified atom stereocenters. The molecule has 0 N–H and O–H groups in total. The number of likely N-dealkylation sites (N-methyl/N-ethyl adjacent to an activating group) is 1. The van der Waals surface area contributed by atoms with E-state index in [2.05, 4.69) is 4.98 Å². The Labute approximate surface area is 119 Å². The number of hydrogen-bond donors (Lipinski definition) is 0. The van der Waals surface area contributed by atoms with Crippen molar-refractivity contribution in [1.29, 1.82) is 0 Å². The minimum atomic E-state index is -0.620. The molecule has 0 spiro atoms. The summed E-state index contributed by atoms with van der Waals surface area (Å²) in [6.07, 6.45) is -0.620. The Kier molecular flexibility index (Phi) is 3.06. The van der Waals surface area contributed by atoms with Crippen LogP contribution in [0.15, 0.2) is 24.3 Å². The molecular weight excluding hydrogens is 278 g/mol. The van der Waals surface area contributed by atoms with Gasteiger partial charge in [0, 0.05) is 14.0 Å². The molecule has 2 amide bonds. The Morgan fingerprint density at radius 3 is 2.90 bits per heavy atom. The number of nitrogens with zero attached hydrogens (tertiary/aromatic N) is 3. The van der Waals surface area contributed by atoms with Crippen molar-refractivity contribution in [3.05, 3.63) is 24.3 Å². The fraction of sp³-hybridized carbons (Fsp3) is 0.308. The van der Waals surface area contributed by atoms with Gasteiger partial charge in [-0.15, -0.1) is 0 Å². The van der Waals surface area contributed by atoms with E-state index in [0.717, 1.165) is 10.2 Å². The lowest BCUT2D eigenvalue weighted by Gasteiger charge is -2.19. The van der Waals surface area contributed by atoms with Gasteiger partial charge >= 0.3 is 12.0 Å². The molecule has 1 aliphatic rings. The van der Waals surface area contributed by atoms with E-state index in [4.69, 9.17) is 4.74 Å². The zero-order valence-electron chi connectivity index (χ0n) is 11.1. The van der Waals surface area contributed by atoms with Gasteiger partial charge in [0.15, 0.2) is 5.13 Å². The van der Waals surface area contributed by atoms with Crippen molar-refractivity contribution in [3.63, 3.8) is 0 Å². The van der Waals surface area contributed by atoms with Crippen LogP contribution in [0.1, 0.15) is 6.92 Å². The van der Waals surface area contributed by atoms with Gasteiger partial charge in [-0.05, 0) is 12.1 Å². The number of fused-ring (bicyclic) bond motifs is 1. The molecule has 7 heteroatoms. The summed E-state index contributed by atoms with van der Waals surface area (Å²) >= 11 is 1.41. The topological polar surface area (TPSA) is 62.7 Å². The van der Waals surface area contributed by atoms with Gasteiger partial charge in [0.25, 0.3) is 0 Å². The van der Waals surface area contributed by atoms with Crippen molar-refractivity contribution in [2.45, 2.75) is 13.2 Å². The van der Waals surface area contributed by atoms with Crippen molar-refractivity contribution < 1.29 is 14.3 Å². The third kappa shape index (κ3) is 2.09. The number of carbonyl (C=O) groups excluding carboxylic acids is 2. The molecule has 20 heavy (non-hydrogen) atoms. The van der Waals surface area contributed by atoms with Crippen LogP contribution in [-0.2, 0) is 9.53 Å². The lowest BCUT2D eigenvalue weighted by molar-refractivity contribution is -0.145. The Balaban J connectivity index is 2.00. The van der Waals surface area contributed by atoms with Crippen LogP contribution in [0.3, 0.4) is 0 Å². The Morgan fingerprint density at radius 2 is 2.20 bits per heavy atom. The van der Waals surface area contributed by atoms with Crippen molar-refractivity contribution in [2.24, 2.45) is 0 Å². The summed E-state index contributed by atoms with van der Waals surface area (Å²) in [5.41, 5.74) is 0.830. The second-order valence-electron chi connectivity index (χ2n) is 4.56. The van der Waals surface area contributed by atoms with Crippen LogP contribution in [0, 0.1) is 0 Å². The number of para-hydroxylation sites is 1. The third-order valence-electron chi connectivity index (χ3n) is 3.04. The molecular formula is C13H13N3O3S. The van der Waals surface area contributed by atoms with Crippen molar-refractivity contribution in [3.8, 4) is 0 Å². The predicted octanol–water partition coefficient (Wildman–Crippen LogP) is 2.06. The predicted molar refractivity (Wildman–Crippen MR) is 75.7 cm³/mol. The van der Waals surface area contributed by atoms with Crippen LogP contribution < -0.4 is 4.90 Å². The normalized spacial score (nSPS) is 18.9. The number of ether oxygens (including phenoxy) is 1. The average molecular weight is 291 g/mol. The molecule has 1 fully saturated rings. The maximum Gasteiger partial charge on any atom is 0.329 e. The molecule has 2 heterocycles. The first-order valence-corrected chi connectivity index (χ1v) is 6.95. The summed E-state index contributed by atoms with van der Waals surface area (Å²) in [7, 11) is 1.67. The van der Waals surface area contributed by atoms with E-state index < -0.39 is 12.2 Å². The van der Waals surface area contributed by atoms with E-state index in [0.29, 0.717) is 11.7 Å². The standard InChI is InChI=1S/C13H13N3O3S/c1-8(17)19-11-7-15(2)13(18)16(11)12-14-9-5-3-4-6-10(9)20-12/h3-6,11H,7H2,1-2H3. The molecule has 104 valence electrons. The highest BCUT2D eigenvalue weighted by Crippen LogP contribution is 2.32. The maximum absolute atomic E-state index is 12.2. The second-order valence-corrected chi connectivity index (χ2v) is 5.57. The maximum atomic E-state index is 12.2. The summed E-state index contributed by atoms with van der Waals surface area (Å²) in [6.45, 7) is 1.67. The van der Waals surface area contributed by atoms with Gasteiger partial charge in [-0.25, -0.2) is 14.7 Å². The SMILES string of the molecule is CC(=O)OC1CN(C)C(=O)N1c1nc2ccccc2s1. The lowest BCUT2D eigenvalue weighted by Crippen LogP contribution is -2.37. The Hall–Kier alpha value is -2.15. The summed E-state index contributed by atoms with van der Waals surface area (Å²) in [4.78, 5) is 30.8. The smallest absolute Gasteiger partial charge is 0.329 e. The molecule has 1 aromatic carbocycles. The minimum absolute atomic E-state index is 0.213. The van der Waals surface area contributed by atoms with E-state index in [9.17, 15) is 9.59 Å². The van der Waals surface area contributed by atoms with Crippen LogP contribution in [0.25, 0.3) is 10.2 Å². The number of thiazole rings is 1. The lowest BCUT2D eigenvalue weighted by atomic mass is 10.3. The minimum Gasteiger partial charge on any atom is -0.439 e. The summed E-state index contributed by atoms with van der Waals surface area (Å²) in [5.74, 6) is -0.413. The number of amides is 2. The number of aromatic nitrogens is 1. The zero-order chi connectivity index (χ0) is 14.3. The molecule has 0 saturated carbocycles. The van der Waals surface area contributed by atoms with Crippen LogP contribution in [0.5, 0.6) is 0 Å². The number of esters is 1. The number of rotatable bonds is 2. The summed E-state index contributed by atoms with van der Waals surface area (Å²) in [6, 6.07) is 7.44. The quantitative estimate of drug-likeness (QED) is 0.795. The molecule has 1 atom stereocenters. The average Bonchev–Trinajstić information content (AvgIpc) is 2.91. The van der Waals surface area contributed by atoms with Crippen molar-refractivity contribution >= 4 is 38.7 Å². The van der Waals surface area contributed by atoms with Gasteiger partial charge in [-0.1, -0.05) is 23.5 Å². The molecule has 2 aromatic rings. The molecule has 1 aromatic heterocycles. The van der Waals surface area contributed by atoms with Crippen LogP contribution in [-0.4, -0.2) is 41.7 Å².